The molecule has 1 aliphatic rings. The molecular formula is C34H33F2N7O2S. The SMILES string of the molecule is CS(=O)(=O)CCc1cc(F)cc(-c2ccnc3nc(-c4n[nH]c5ccc(-c6cncc(CNCC7CCCC7)c6)c(F)c45)[nH]c23)c1. The van der Waals surface area contributed by atoms with E-state index in [2.05, 4.69) is 35.5 Å². The molecule has 4 heterocycles. The number of nitrogens with one attached hydrogen (secondary N) is 3. The van der Waals surface area contributed by atoms with Crippen LogP contribution in [0.15, 0.2) is 61.1 Å². The predicted molar refractivity (Wildman–Crippen MR) is 175 cm³/mol. The van der Waals surface area contributed by atoms with Gasteiger partial charge in [-0.25, -0.2) is 27.2 Å². The van der Waals surface area contributed by atoms with E-state index in [1.165, 1.54) is 37.8 Å². The van der Waals surface area contributed by atoms with Crippen molar-refractivity contribution in [2.45, 2.75) is 38.6 Å². The second-order valence-electron chi connectivity index (χ2n) is 12.2. The van der Waals surface area contributed by atoms with Crippen molar-refractivity contribution < 1.29 is 17.2 Å². The standard InChI is InChI=1S/C34H33F2N7O2S/c1-46(44,45)11-9-21-12-23(15-25(35)14-21)27-8-10-39-33-31(27)40-34(41-33)32-29-28(42-43-32)7-6-26(30(29)36)24-13-22(18-38-19-24)17-37-16-20-4-2-3-5-20/h6-8,10,12-15,18-20,37H,2-5,9,11,16-17H2,1H3,(H,42,43)(H,39,40,41). The first-order valence-electron chi connectivity index (χ1n) is 15.4. The Bertz CT molecular complexity index is 2170. The lowest BCUT2D eigenvalue weighted by atomic mass is 10.0. The summed E-state index contributed by atoms with van der Waals surface area (Å²) in [6.45, 7) is 1.64. The minimum atomic E-state index is -3.22. The van der Waals surface area contributed by atoms with E-state index in [9.17, 15) is 12.8 Å². The normalized spacial score (nSPS) is 14.2. The topological polar surface area (TPSA) is 129 Å². The molecule has 0 saturated heterocycles. The van der Waals surface area contributed by atoms with Gasteiger partial charge in [-0.15, -0.1) is 0 Å². The Morgan fingerprint density at radius 2 is 1.80 bits per heavy atom. The summed E-state index contributed by atoms with van der Waals surface area (Å²) in [6.07, 6.45) is 11.5. The average molecular weight is 642 g/mol. The first-order valence-corrected chi connectivity index (χ1v) is 17.4. The number of aryl methyl sites for hydroxylation is 1. The van der Waals surface area contributed by atoms with Crippen LogP contribution in [0.1, 0.15) is 36.8 Å². The molecule has 1 saturated carbocycles. The predicted octanol–water partition coefficient (Wildman–Crippen LogP) is 6.38. The molecule has 1 fully saturated rings. The number of nitrogens with zero attached hydrogens (tertiary/aromatic N) is 4. The number of benzene rings is 2. The third kappa shape index (κ3) is 6.27. The summed E-state index contributed by atoms with van der Waals surface area (Å²) in [4.78, 5) is 16.6. The van der Waals surface area contributed by atoms with Crippen molar-refractivity contribution in [3.8, 4) is 33.8 Å². The number of halogens is 2. The van der Waals surface area contributed by atoms with Crippen LogP contribution < -0.4 is 5.32 Å². The van der Waals surface area contributed by atoms with Crippen molar-refractivity contribution >= 4 is 31.9 Å². The Hall–Kier alpha value is -4.55. The number of pyridine rings is 2. The van der Waals surface area contributed by atoms with Gasteiger partial charge in [0.25, 0.3) is 0 Å². The number of hydrogen-bond donors (Lipinski definition) is 3. The van der Waals surface area contributed by atoms with E-state index >= 15 is 4.39 Å². The maximum absolute atomic E-state index is 16.3. The summed E-state index contributed by atoms with van der Waals surface area (Å²) < 4.78 is 54.4. The van der Waals surface area contributed by atoms with Gasteiger partial charge in [0.05, 0.1) is 22.2 Å². The number of fused-ring (bicyclic) bond motifs is 2. The van der Waals surface area contributed by atoms with Crippen LogP contribution in [0.5, 0.6) is 0 Å². The van der Waals surface area contributed by atoms with Crippen molar-refractivity contribution in [2.24, 2.45) is 5.92 Å². The summed E-state index contributed by atoms with van der Waals surface area (Å²) in [6, 6.07) is 11.7. The molecule has 0 unspecified atom stereocenters. The quantitative estimate of drug-likeness (QED) is 0.158. The van der Waals surface area contributed by atoms with Crippen LogP contribution in [-0.2, 0) is 22.8 Å². The zero-order chi connectivity index (χ0) is 31.8. The number of rotatable bonds is 10. The third-order valence-electron chi connectivity index (χ3n) is 8.66. The minimum Gasteiger partial charge on any atom is -0.335 e. The average Bonchev–Trinajstić information content (AvgIpc) is 3.80. The molecule has 3 N–H and O–H groups in total. The van der Waals surface area contributed by atoms with E-state index in [0.29, 0.717) is 56.9 Å². The molecule has 0 atom stereocenters. The van der Waals surface area contributed by atoms with Crippen LogP contribution in [0.4, 0.5) is 8.78 Å². The molecule has 236 valence electrons. The lowest BCUT2D eigenvalue weighted by Crippen LogP contribution is -2.20. The number of hydrogen-bond acceptors (Lipinski definition) is 7. The second kappa shape index (κ2) is 12.3. The minimum absolute atomic E-state index is 0.0900. The van der Waals surface area contributed by atoms with Crippen molar-refractivity contribution in [2.75, 3.05) is 18.6 Å². The van der Waals surface area contributed by atoms with Crippen molar-refractivity contribution in [1.29, 1.82) is 0 Å². The van der Waals surface area contributed by atoms with Gasteiger partial charge >= 0.3 is 0 Å². The highest BCUT2D eigenvalue weighted by Crippen LogP contribution is 2.35. The van der Waals surface area contributed by atoms with Crippen LogP contribution in [0, 0.1) is 17.6 Å². The van der Waals surface area contributed by atoms with Gasteiger partial charge in [0.15, 0.2) is 11.5 Å². The van der Waals surface area contributed by atoms with Gasteiger partial charge < -0.3 is 10.3 Å². The third-order valence-corrected chi connectivity index (χ3v) is 9.60. The number of H-pyrrole nitrogens is 2. The Labute approximate surface area is 264 Å². The fraction of sp³-hybridized carbons (Fsp3) is 0.294. The number of imidazole rings is 1. The van der Waals surface area contributed by atoms with Crippen LogP contribution in [0.25, 0.3) is 55.8 Å². The largest absolute Gasteiger partial charge is 0.335 e. The van der Waals surface area contributed by atoms with Gasteiger partial charge in [0.2, 0.25) is 0 Å². The molecule has 0 amide bonds. The van der Waals surface area contributed by atoms with Crippen LogP contribution >= 0.6 is 0 Å². The lowest BCUT2D eigenvalue weighted by Gasteiger charge is -2.11. The zero-order valence-corrected chi connectivity index (χ0v) is 26.1. The van der Waals surface area contributed by atoms with E-state index in [4.69, 9.17) is 0 Å². The molecule has 1 aliphatic carbocycles. The van der Waals surface area contributed by atoms with E-state index in [-0.39, 0.29) is 23.3 Å². The summed E-state index contributed by atoms with van der Waals surface area (Å²) >= 11 is 0. The van der Waals surface area contributed by atoms with Crippen molar-refractivity contribution in [1.82, 2.24) is 35.5 Å². The number of aromatic nitrogens is 6. The Kier molecular flexibility index (Phi) is 8.07. The van der Waals surface area contributed by atoms with Crippen LogP contribution in [0.3, 0.4) is 0 Å². The fourth-order valence-electron chi connectivity index (χ4n) is 6.35. The summed E-state index contributed by atoms with van der Waals surface area (Å²) in [7, 11) is -3.22. The van der Waals surface area contributed by atoms with Gasteiger partial charge in [-0.2, -0.15) is 5.10 Å². The molecule has 6 aromatic rings. The molecule has 46 heavy (non-hydrogen) atoms. The summed E-state index contributed by atoms with van der Waals surface area (Å²) in [5.41, 5.74) is 5.43. The van der Waals surface area contributed by atoms with E-state index in [0.717, 1.165) is 24.3 Å². The fourth-order valence-corrected chi connectivity index (χ4v) is 6.96. The second-order valence-corrected chi connectivity index (χ2v) is 14.4. The molecule has 0 radical (unpaired) electrons. The van der Waals surface area contributed by atoms with E-state index in [1.807, 2.05) is 6.07 Å². The molecule has 0 spiro atoms. The smallest absolute Gasteiger partial charge is 0.178 e. The van der Waals surface area contributed by atoms with Gasteiger partial charge in [0.1, 0.15) is 27.2 Å². The highest BCUT2D eigenvalue weighted by molar-refractivity contribution is 7.90. The van der Waals surface area contributed by atoms with Crippen LogP contribution in [-0.4, -0.2) is 57.1 Å². The zero-order valence-electron chi connectivity index (χ0n) is 25.3. The molecule has 12 heteroatoms. The van der Waals surface area contributed by atoms with Crippen LogP contribution in [0.2, 0.25) is 0 Å². The maximum Gasteiger partial charge on any atom is 0.178 e. The monoisotopic (exact) mass is 641 g/mol. The summed E-state index contributed by atoms with van der Waals surface area (Å²) in [5, 5.41) is 11.1. The van der Waals surface area contributed by atoms with E-state index in [1.54, 1.807) is 42.9 Å². The van der Waals surface area contributed by atoms with Crippen molar-refractivity contribution in [3.63, 3.8) is 0 Å². The Balaban J connectivity index is 1.22. The first-order chi connectivity index (χ1) is 22.2. The molecule has 7 rings (SSSR count). The van der Waals surface area contributed by atoms with Crippen molar-refractivity contribution in [3.05, 3.63) is 83.8 Å². The molecule has 9 nitrogen and oxygen atoms in total. The van der Waals surface area contributed by atoms with Gasteiger partial charge in [-0.05, 0) is 84.8 Å². The Morgan fingerprint density at radius 3 is 2.63 bits per heavy atom. The molecule has 4 aromatic heterocycles. The lowest BCUT2D eigenvalue weighted by molar-refractivity contribution is 0.489. The number of aromatic amines is 2. The molecular weight excluding hydrogens is 608 g/mol. The first kappa shape index (κ1) is 30.1. The molecule has 0 bridgehead atoms. The van der Waals surface area contributed by atoms with Gasteiger partial charge in [0, 0.05) is 48.1 Å². The van der Waals surface area contributed by atoms with Gasteiger partial charge in [-0.1, -0.05) is 18.9 Å². The van der Waals surface area contributed by atoms with Gasteiger partial charge in [-0.3, -0.25) is 10.1 Å². The van der Waals surface area contributed by atoms with E-state index < -0.39 is 21.5 Å². The summed E-state index contributed by atoms with van der Waals surface area (Å²) in [5.74, 6) is -0.00442. The highest BCUT2D eigenvalue weighted by atomic mass is 32.2. The maximum atomic E-state index is 16.3. The number of sulfone groups is 1. The molecule has 0 aliphatic heterocycles. The highest BCUT2D eigenvalue weighted by Gasteiger charge is 2.21. The Morgan fingerprint density at radius 1 is 0.978 bits per heavy atom. The molecule has 2 aromatic carbocycles.